The number of nitrogens with two attached hydrogens (primary N) is 1. The molecular weight excluding hydrogens is 286 g/mol. The lowest BCUT2D eigenvalue weighted by molar-refractivity contribution is 0.217. The van der Waals surface area contributed by atoms with E-state index in [4.69, 9.17) is 26.8 Å². The summed E-state index contributed by atoms with van der Waals surface area (Å²) in [7, 11) is 0. The van der Waals surface area contributed by atoms with Crippen molar-refractivity contribution in [1.82, 2.24) is 0 Å². The molecule has 0 bridgehead atoms. The molecule has 0 aliphatic heterocycles. The van der Waals surface area contributed by atoms with Gasteiger partial charge in [0.15, 0.2) is 0 Å². The van der Waals surface area contributed by atoms with Crippen molar-refractivity contribution in [2.45, 2.75) is 0 Å². The summed E-state index contributed by atoms with van der Waals surface area (Å²) in [6.45, 7) is 1.27. The Morgan fingerprint density at radius 1 is 0.952 bits per heavy atom. The Labute approximate surface area is 129 Å². The van der Waals surface area contributed by atoms with Crippen LogP contribution < -0.4 is 15.2 Å². The van der Waals surface area contributed by atoms with Crippen LogP contribution in [0.5, 0.6) is 11.5 Å². The first kappa shape index (κ1) is 15.2. The maximum atomic E-state index is 5.87. The predicted octanol–water partition coefficient (Wildman–Crippen LogP) is 3.11. The van der Waals surface area contributed by atoms with Crippen LogP contribution in [0.25, 0.3) is 0 Å². The SMILES string of the molecule is NCC#Cc1ccc(OCCOc2cccc(Cl)c2)cc1. The van der Waals surface area contributed by atoms with E-state index < -0.39 is 0 Å². The molecule has 0 saturated carbocycles. The average Bonchev–Trinajstić information content (AvgIpc) is 2.51. The van der Waals surface area contributed by atoms with Gasteiger partial charge in [-0.3, -0.25) is 0 Å². The van der Waals surface area contributed by atoms with Gasteiger partial charge >= 0.3 is 0 Å². The zero-order valence-corrected chi connectivity index (χ0v) is 12.3. The molecule has 0 fully saturated rings. The first-order valence-electron chi connectivity index (χ1n) is 6.58. The molecule has 21 heavy (non-hydrogen) atoms. The molecule has 2 aromatic carbocycles. The molecule has 0 heterocycles. The van der Waals surface area contributed by atoms with Crippen LogP contribution in [0.3, 0.4) is 0 Å². The van der Waals surface area contributed by atoms with E-state index >= 15 is 0 Å². The molecule has 3 nitrogen and oxygen atoms in total. The molecule has 0 unspecified atom stereocenters. The fourth-order valence-corrected chi connectivity index (χ4v) is 1.84. The molecule has 0 atom stereocenters. The van der Waals surface area contributed by atoms with E-state index in [-0.39, 0.29) is 0 Å². The molecule has 0 aliphatic carbocycles. The molecule has 0 aliphatic rings. The van der Waals surface area contributed by atoms with Gasteiger partial charge in [-0.25, -0.2) is 0 Å². The second-order valence-corrected chi connectivity index (χ2v) is 4.62. The Kier molecular flexibility index (Phi) is 5.96. The minimum absolute atomic E-state index is 0.360. The van der Waals surface area contributed by atoms with E-state index in [0.29, 0.717) is 24.8 Å². The van der Waals surface area contributed by atoms with Crippen LogP contribution in [0, 0.1) is 11.8 Å². The lowest BCUT2D eigenvalue weighted by Gasteiger charge is -2.08. The predicted molar refractivity (Wildman–Crippen MR) is 84.8 cm³/mol. The van der Waals surface area contributed by atoms with Crippen LogP contribution in [0.4, 0.5) is 0 Å². The molecule has 4 heteroatoms. The smallest absolute Gasteiger partial charge is 0.122 e. The van der Waals surface area contributed by atoms with E-state index in [1.54, 1.807) is 12.1 Å². The highest BCUT2D eigenvalue weighted by Crippen LogP contribution is 2.17. The van der Waals surface area contributed by atoms with Crippen molar-refractivity contribution in [1.29, 1.82) is 0 Å². The summed E-state index contributed by atoms with van der Waals surface area (Å²) in [5.74, 6) is 7.28. The van der Waals surface area contributed by atoms with Crippen LogP contribution in [0.1, 0.15) is 5.56 Å². The van der Waals surface area contributed by atoms with Crippen molar-refractivity contribution < 1.29 is 9.47 Å². The standard InChI is InChI=1S/C17H16ClNO2/c18-15-4-1-5-17(13-15)21-12-11-20-16-8-6-14(7-9-16)3-2-10-19/h1,4-9,13H,10-12,19H2. The summed E-state index contributed by atoms with van der Waals surface area (Å²) >= 11 is 5.87. The van der Waals surface area contributed by atoms with Crippen molar-refractivity contribution in [2.24, 2.45) is 5.73 Å². The van der Waals surface area contributed by atoms with Crippen LogP contribution in [-0.4, -0.2) is 19.8 Å². The van der Waals surface area contributed by atoms with Crippen LogP contribution in [0.2, 0.25) is 5.02 Å². The van der Waals surface area contributed by atoms with Crippen molar-refractivity contribution in [3.63, 3.8) is 0 Å². The normalized spacial score (nSPS) is 9.62. The number of hydrogen-bond donors (Lipinski definition) is 1. The van der Waals surface area contributed by atoms with Gasteiger partial charge < -0.3 is 15.2 Å². The molecule has 0 radical (unpaired) electrons. The zero-order valence-electron chi connectivity index (χ0n) is 11.5. The van der Waals surface area contributed by atoms with Gasteiger partial charge in [-0.15, -0.1) is 0 Å². The Morgan fingerprint density at radius 3 is 2.33 bits per heavy atom. The first-order chi connectivity index (χ1) is 10.3. The molecule has 0 saturated heterocycles. The van der Waals surface area contributed by atoms with Gasteiger partial charge in [-0.1, -0.05) is 29.5 Å². The van der Waals surface area contributed by atoms with Crippen molar-refractivity contribution in [3.8, 4) is 23.3 Å². The van der Waals surface area contributed by atoms with E-state index in [1.165, 1.54) is 0 Å². The Morgan fingerprint density at radius 2 is 1.67 bits per heavy atom. The molecule has 2 rings (SSSR count). The zero-order chi connectivity index (χ0) is 14.9. The summed E-state index contributed by atoms with van der Waals surface area (Å²) in [4.78, 5) is 0. The van der Waals surface area contributed by atoms with Gasteiger partial charge in [-0.05, 0) is 42.5 Å². The maximum Gasteiger partial charge on any atom is 0.122 e. The monoisotopic (exact) mass is 301 g/mol. The molecule has 0 amide bonds. The highest BCUT2D eigenvalue weighted by atomic mass is 35.5. The molecule has 2 aromatic rings. The van der Waals surface area contributed by atoms with Crippen LogP contribution >= 0.6 is 11.6 Å². The molecule has 108 valence electrons. The highest BCUT2D eigenvalue weighted by molar-refractivity contribution is 6.30. The number of hydrogen-bond acceptors (Lipinski definition) is 3. The summed E-state index contributed by atoms with van der Waals surface area (Å²) in [6, 6.07) is 14.8. The van der Waals surface area contributed by atoms with E-state index in [1.807, 2.05) is 36.4 Å². The number of ether oxygens (including phenoxy) is 2. The van der Waals surface area contributed by atoms with Gasteiger partial charge in [0.1, 0.15) is 24.7 Å². The summed E-state index contributed by atoms with van der Waals surface area (Å²) in [5.41, 5.74) is 6.24. The second kappa shape index (κ2) is 8.21. The van der Waals surface area contributed by atoms with Gasteiger partial charge in [0.2, 0.25) is 0 Å². The topological polar surface area (TPSA) is 44.5 Å². The molecule has 0 spiro atoms. The second-order valence-electron chi connectivity index (χ2n) is 4.18. The summed E-state index contributed by atoms with van der Waals surface area (Å²) in [5, 5.41) is 0.655. The summed E-state index contributed by atoms with van der Waals surface area (Å²) < 4.78 is 11.1. The average molecular weight is 302 g/mol. The lowest BCUT2D eigenvalue weighted by atomic mass is 10.2. The molecular formula is C17H16ClNO2. The van der Waals surface area contributed by atoms with Crippen molar-refractivity contribution >= 4 is 11.6 Å². The highest BCUT2D eigenvalue weighted by Gasteiger charge is 1.97. The first-order valence-corrected chi connectivity index (χ1v) is 6.96. The lowest BCUT2D eigenvalue weighted by Crippen LogP contribution is -2.08. The van der Waals surface area contributed by atoms with Gasteiger partial charge in [-0.2, -0.15) is 0 Å². The molecule has 2 N–H and O–H groups in total. The fourth-order valence-electron chi connectivity index (χ4n) is 1.66. The molecule has 0 aromatic heterocycles. The maximum absolute atomic E-state index is 5.87. The largest absolute Gasteiger partial charge is 0.490 e. The fraction of sp³-hybridized carbons (Fsp3) is 0.176. The van der Waals surface area contributed by atoms with Crippen molar-refractivity contribution in [2.75, 3.05) is 19.8 Å². The van der Waals surface area contributed by atoms with Crippen LogP contribution in [-0.2, 0) is 0 Å². The number of benzene rings is 2. The Hall–Kier alpha value is -2.15. The Balaban J connectivity index is 1.76. The van der Waals surface area contributed by atoms with E-state index in [2.05, 4.69) is 11.8 Å². The third kappa shape index (κ3) is 5.39. The Bertz CT molecular complexity index is 629. The number of halogens is 1. The van der Waals surface area contributed by atoms with E-state index in [0.717, 1.165) is 17.1 Å². The van der Waals surface area contributed by atoms with Crippen molar-refractivity contribution in [3.05, 3.63) is 59.1 Å². The minimum Gasteiger partial charge on any atom is -0.490 e. The minimum atomic E-state index is 0.360. The third-order valence-corrected chi connectivity index (χ3v) is 2.84. The van der Waals surface area contributed by atoms with Gasteiger partial charge in [0, 0.05) is 10.6 Å². The van der Waals surface area contributed by atoms with Crippen LogP contribution in [0.15, 0.2) is 48.5 Å². The quantitative estimate of drug-likeness (QED) is 0.682. The number of rotatable bonds is 5. The van der Waals surface area contributed by atoms with E-state index in [9.17, 15) is 0 Å². The third-order valence-electron chi connectivity index (χ3n) is 2.61. The summed E-state index contributed by atoms with van der Waals surface area (Å²) in [6.07, 6.45) is 0. The van der Waals surface area contributed by atoms with Gasteiger partial charge in [0.25, 0.3) is 0 Å². The van der Waals surface area contributed by atoms with Gasteiger partial charge in [0.05, 0.1) is 6.54 Å².